The lowest BCUT2D eigenvalue weighted by atomic mass is 10.0. The predicted molar refractivity (Wildman–Crippen MR) is 85.7 cm³/mol. The Hall–Kier alpha value is -2.49. The van der Waals surface area contributed by atoms with Gasteiger partial charge in [-0.1, -0.05) is 23.8 Å². The maximum atomic E-state index is 12.2. The van der Waals surface area contributed by atoms with Gasteiger partial charge in [-0.25, -0.2) is 0 Å². The van der Waals surface area contributed by atoms with Gasteiger partial charge in [0.1, 0.15) is 5.75 Å². The Morgan fingerprint density at radius 1 is 1.19 bits per heavy atom. The Kier molecular flexibility index (Phi) is 4.48. The minimum absolute atomic E-state index is 0.0828. The van der Waals surface area contributed by atoms with E-state index >= 15 is 0 Å². The van der Waals surface area contributed by atoms with E-state index in [4.69, 9.17) is 10.5 Å². The first-order valence-electron chi connectivity index (χ1n) is 6.79. The van der Waals surface area contributed by atoms with Crippen LogP contribution in [0.5, 0.6) is 5.75 Å². The number of benzene rings is 2. The van der Waals surface area contributed by atoms with Crippen LogP contribution in [0.25, 0.3) is 0 Å². The summed E-state index contributed by atoms with van der Waals surface area (Å²) >= 11 is 0. The number of amides is 1. The second kappa shape index (κ2) is 6.31. The summed E-state index contributed by atoms with van der Waals surface area (Å²) in [6, 6.07) is 11.3. The van der Waals surface area contributed by atoms with Crippen molar-refractivity contribution in [2.75, 3.05) is 18.2 Å². The number of nitrogens with one attached hydrogen (secondary N) is 1. The number of anilines is 2. The van der Waals surface area contributed by atoms with Gasteiger partial charge in [0.25, 0.3) is 0 Å². The highest BCUT2D eigenvalue weighted by Gasteiger charge is 2.09. The SMILES string of the molecule is COc1ccc(NC(=O)Cc2cc(C)ccc2C)c(N)c1. The molecule has 21 heavy (non-hydrogen) atoms. The van der Waals surface area contributed by atoms with Crippen molar-refractivity contribution in [2.45, 2.75) is 20.3 Å². The lowest BCUT2D eigenvalue weighted by Gasteiger charge is -2.11. The van der Waals surface area contributed by atoms with Crippen molar-refractivity contribution >= 4 is 17.3 Å². The molecule has 0 saturated heterocycles. The van der Waals surface area contributed by atoms with Gasteiger partial charge in [-0.05, 0) is 37.1 Å². The number of methoxy groups -OCH3 is 1. The molecule has 0 unspecified atom stereocenters. The lowest BCUT2D eigenvalue weighted by Crippen LogP contribution is -2.16. The van der Waals surface area contributed by atoms with E-state index < -0.39 is 0 Å². The molecule has 0 aliphatic carbocycles. The van der Waals surface area contributed by atoms with Crippen molar-refractivity contribution < 1.29 is 9.53 Å². The largest absolute Gasteiger partial charge is 0.497 e. The van der Waals surface area contributed by atoms with Gasteiger partial charge in [0.15, 0.2) is 0 Å². The van der Waals surface area contributed by atoms with E-state index in [1.807, 2.05) is 32.0 Å². The van der Waals surface area contributed by atoms with Crippen LogP contribution < -0.4 is 15.8 Å². The maximum Gasteiger partial charge on any atom is 0.228 e. The Bertz CT molecular complexity index is 666. The molecule has 0 bridgehead atoms. The van der Waals surface area contributed by atoms with Crippen molar-refractivity contribution in [3.63, 3.8) is 0 Å². The summed E-state index contributed by atoms with van der Waals surface area (Å²) in [4.78, 5) is 12.2. The number of nitrogens with two attached hydrogens (primary N) is 1. The summed E-state index contributed by atoms with van der Waals surface area (Å²) in [7, 11) is 1.58. The van der Waals surface area contributed by atoms with Gasteiger partial charge < -0.3 is 15.8 Å². The highest BCUT2D eigenvalue weighted by molar-refractivity contribution is 5.95. The first-order valence-corrected chi connectivity index (χ1v) is 6.79. The van der Waals surface area contributed by atoms with Crippen LogP contribution in [0, 0.1) is 13.8 Å². The number of ether oxygens (including phenoxy) is 1. The van der Waals surface area contributed by atoms with Crippen LogP contribution in [0.4, 0.5) is 11.4 Å². The topological polar surface area (TPSA) is 64.3 Å². The van der Waals surface area contributed by atoms with E-state index in [0.717, 1.165) is 16.7 Å². The summed E-state index contributed by atoms with van der Waals surface area (Å²) in [6.07, 6.45) is 0.332. The number of rotatable bonds is 4. The minimum Gasteiger partial charge on any atom is -0.497 e. The highest BCUT2D eigenvalue weighted by Crippen LogP contribution is 2.24. The molecule has 0 spiro atoms. The molecule has 0 saturated carbocycles. The van der Waals surface area contributed by atoms with Crippen LogP contribution in [0.3, 0.4) is 0 Å². The summed E-state index contributed by atoms with van der Waals surface area (Å²) in [5.74, 6) is 0.584. The van der Waals surface area contributed by atoms with E-state index in [1.54, 1.807) is 25.3 Å². The van der Waals surface area contributed by atoms with E-state index in [2.05, 4.69) is 5.32 Å². The summed E-state index contributed by atoms with van der Waals surface area (Å²) < 4.78 is 5.09. The third-order valence-electron chi connectivity index (χ3n) is 3.39. The second-order valence-corrected chi connectivity index (χ2v) is 5.11. The molecule has 110 valence electrons. The molecular weight excluding hydrogens is 264 g/mol. The van der Waals surface area contributed by atoms with E-state index in [1.165, 1.54) is 0 Å². The van der Waals surface area contributed by atoms with Crippen LogP contribution in [0.15, 0.2) is 36.4 Å². The lowest BCUT2D eigenvalue weighted by molar-refractivity contribution is -0.115. The first kappa shape index (κ1) is 14.9. The molecule has 4 nitrogen and oxygen atoms in total. The minimum atomic E-state index is -0.0828. The van der Waals surface area contributed by atoms with Crippen molar-refractivity contribution in [1.82, 2.24) is 0 Å². The average Bonchev–Trinajstić information content (AvgIpc) is 2.45. The zero-order valence-corrected chi connectivity index (χ0v) is 12.6. The summed E-state index contributed by atoms with van der Waals surface area (Å²) in [5, 5.41) is 2.84. The van der Waals surface area contributed by atoms with Crippen LogP contribution in [0.1, 0.15) is 16.7 Å². The van der Waals surface area contributed by atoms with Gasteiger partial charge in [-0.3, -0.25) is 4.79 Å². The van der Waals surface area contributed by atoms with Crippen LogP contribution >= 0.6 is 0 Å². The highest BCUT2D eigenvalue weighted by atomic mass is 16.5. The molecule has 0 aromatic heterocycles. The molecule has 0 aliphatic rings. The molecule has 0 radical (unpaired) electrons. The Morgan fingerprint density at radius 2 is 1.95 bits per heavy atom. The molecule has 2 aromatic rings. The molecule has 1 amide bonds. The summed E-state index contributed by atoms with van der Waals surface area (Å²) in [6.45, 7) is 4.02. The van der Waals surface area contributed by atoms with E-state index in [9.17, 15) is 4.79 Å². The number of carbonyl (C=O) groups excluding carboxylic acids is 1. The smallest absolute Gasteiger partial charge is 0.228 e. The Morgan fingerprint density at radius 3 is 2.62 bits per heavy atom. The second-order valence-electron chi connectivity index (χ2n) is 5.11. The van der Waals surface area contributed by atoms with E-state index in [0.29, 0.717) is 23.5 Å². The monoisotopic (exact) mass is 284 g/mol. The molecule has 0 aliphatic heterocycles. The predicted octanol–water partition coefficient (Wildman–Crippen LogP) is 3.08. The first-order chi connectivity index (χ1) is 9.99. The van der Waals surface area contributed by atoms with Gasteiger partial charge in [0.2, 0.25) is 5.91 Å². The van der Waals surface area contributed by atoms with Crippen LogP contribution in [0.2, 0.25) is 0 Å². The quantitative estimate of drug-likeness (QED) is 0.848. The molecule has 0 fully saturated rings. The van der Waals surface area contributed by atoms with Crippen LogP contribution in [-0.4, -0.2) is 13.0 Å². The molecule has 4 heteroatoms. The third kappa shape index (κ3) is 3.75. The van der Waals surface area contributed by atoms with Crippen molar-refractivity contribution in [3.05, 3.63) is 53.1 Å². The van der Waals surface area contributed by atoms with Crippen molar-refractivity contribution in [2.24, 2.45) is 0 Å². The molecular formula is C17H20N2O2. The molecule has 2 rings (SSSR count). The Labute approximate surface area is 124 Å². The fourth-order valence-corrected chi connectivity index (χ4v) is 2.14. The van der Waals surface area contributed by atoms with Gasteiger partial charge in [0, 0.05) is 6.07 Å². The molecule has 0 atom stereocenters. The van der Waals surface area contributed by atoms with Gasteiger partial charge in [0.05, 0.1) is 24.9 Å². The molecule has 2 aromatic carbocycles. The van der Waals surface area contributed by atoms with Crippen molar-refractivity contribution in [3.8, 4) is 5.75 Å². The Balaban J connectivity index is 2.10. The fourth-order valence-electron chi connectivity index (χ4n) is 2.14. The molecule has 0 heterocycles. The normalized spacial score (nSPS) is 10.2. The van der Waals surface area contributed by atoms with Crippen LogP contribution in [-0.2, 0) is 11.2 Å². The third-order valence-corrected chi connectivity index (χ3v) is 3.39. The summed E-state index contributed by atoms with van der Waals surface area (Å²) in [5.41, 5.74) is 10.3. The number of hydrogen-bond donors (Lipinski definition) is 2. The zero-order valence-electron chi connectivity index (χ0n) is 12.6. The number of aryl methyl sites for hydroxylation is 2. The number of carbonyl (C=O) groups is 1. The average molecular weight is 284 g/mol. The fraction of sp³-hybridized carbons (Fsp3) is 0.235. The number of nitrogen functional groups attached to an aromatic ring is 1. The standard InChI is InChI=1S/C17H20N2O2/c1-11-4-5-12(2)13(8-11)9-17(20)19-16-7-6-14(21-3)10-15(16)18/h4-8,10H,9,18H2,1-3H3,(H,19,20). The zero-order chi connectivity index (χ0) is 15.4. The molecule has 3 N–H and O–H groups in total. The van der Waals surface area contributed by atoms with Gasteiger partial charge in [-0.2, -0.15) is 0 Å². The van der Waals surface area contributed by atoms with E-state index in [-0.39, 0.29) is 5.91 Å². The number of hydrogen-bond acceptors (Lipinski definition) is 3. The van der Waals surface area contributed by atoms with Gasteiger partial charge in [-0.15, -0.1) is 0 Å². The maximum absolute atomic E-state index is 12.2. The van der Waals surface area contributed by atoms with Crippen molar-refractivity contribution in [1.29, 1.82) is 0 Å². The van der Waals surface area contributed by atoms with Gasteiger partial charge >= 0.3 is 0 Å².